The van der Waals surface area contributed by atoms with Gasteiger partial charge in [-0.1, -0.05) is 0 Å². The molecule has 0 atom stereocenters. The normalized spacial score (nSPS) is 11.1. The molecule has 2 aromatic heterocycles. The SMILES string of the molecule is Cc1oc(C)c(OS(=O)Oc2c(C)oc(C)c2O)c1O. The number of hydrogen-bond acceptors (Lipinski definition) is 7. The summed E-state index contributed by atoms with van der Waals surface area (Å²) in [6, 6.07) is 0. The molecule has 0 saturated carbocycles. The quantitative estimate of drug-likeness (QED) is 0.894. The van der Waals surface area contributed by atoms with Crippen molar-refractivity contribution in [3.05, 3.63) is 23.0 Å². The van der Waals surface area contributed by atoms with Gasteiger partial charge in [0, 0.05) is 0 Å². The molecule has 0 aliphatic heterocycles. The highest BCUT2D eigenvalue weighted by Gasteiger charge is 2.23. The summed E-state index contributed by atoms with van der Waals surface area (Å²) in [5.74, 6) is 0.381. The zero-order chi connectivity index (χ0) is 15.0. The first-order valence-corrected chi connectivity index (χ1v) is 6.67. The Labute approximate surface area is 117 Å². The summed E-state index contributed by atoms with van der Waals surface area (Å²) in [4.78, 5) is 0. The maximum atomic E-state index is 11.8. The standard InChI is InChI=1S/C12H14O7S/c1-5-9(13)11(7(3)16-5)18-20(15)19-12-8(4)17-6(2)10(12)14/h13-14H,1-4H3. The maximum Gasteiger partial charge on any atom is 0.418 e. The maximum absolute atomic E-state index is 11.8. The van der Waals surface area contributed by atoms with Crippen molar-refractivity contribution in [1.82, 2.24) is 0 Å². The van der Waals surface area contributed by atoms with Crippen molar-refractivity contribution in [2.24, 2.45) is 0 Å². The Hall–Kier alpha value is -2.09. The van der Waals surface area contributed by atoms with Crippen LogP contribution in [-0.2, 0) is 11.4 Å². The van der Waals surface area contributed by atoms with Crippen LogP contribution in [0, 0.1) is 27.7 Å². The van der Waals surface area contributed by atoms with Crippen LogP contribution < -0.4 is 8.37 Å². The summed E-state index contributed by atoms with van der Waals surface area (Å²) in [7, 11) is 0. The Morgan fingerprint density at radius 2 is 1.15 bits per heavy atom. The van der Waals surface area contributed by atoms with Crippen molar-refractivity contribution in [1.29, 1.82) is 0 Å². The topological polar surface area (TPSA) is 102 Å². The van der Waals surface area contributed by atoms with Gasteiger partial charge in [-0.3, -0.25) is 0 Å². The van der Waals surface area contributed by atoms with Gasteiger partial charge in [-0.15, -0.1) is 0 Å². The fourth-order valence-corrected chi connectivity index (χ4v) is 2.35. The lowest BCUT2D eigenvalue weighted by atomic mass is 10.4. The Morgan fingerprint density at radius 1 is 0.800 bits per heavy atom. The van der Waals surface area contributed by atoms with Gasteiger partial charge in [-0.05, 0) is 27.7 Å². The number of furan rings is 2. The van der Waals surface area contributed by atoms with Crippen LogP contribution in [0.4, 0.5) is 0 Å². The molecule has 2 aromatic rings. The second-order valence-electron chi connectivity index (χ2n) is 4.16. The smallest absolute Gasteiger partial charge is 0.418 e. The van der Waals surface area contributed by atoms with Gasteiger partial charge in [0.1, 0.15) is 23.0 Å². The van der Waals surface area contributed by atoms with Gasteiger partial charge in [0.2, 0.25) is 23.0 Å². The molecule has 7 nitrogen and oxygen atoms in total. The van der Waals surface area contributed by atoms with Gasteiger partial charge in [0.15, 0.2) is 0 Å². The van der Waals surface area contributed by atoms with Crippen LogP contribution in [0.5, 0.6) is 23.0 Å². The van der Waals surface area contributed by atoms with E-state index in [1.54, 1.807) is 13.8 Å². The fraction of sp³-hybridized carbons (Fsp3) is 0.333. The minimum absolute atomic E-state index is 0.0711. The van der Waals surface area contributed by atoms with E-state index < -0.39 is 11.4 Å². The molecule has 0 radical (unpaired) electrons. The van der Waals surface area contributed by atoms with Gasteiger partial charge in [0.05, 0.1) is 0 Å². The Morgan fingerprint density at radius 3 is 1.40 bits per heavy atom. The highest BCUT2D eigenvalue weighted by atomic mass is 32.2. The summed E-state index contributed by atoms with van der Waals surface area (Å²) >= 11 is -2.28. The van der Waals surface area contributed by atoms with E-state index in [2.05, 4.69) is 0 Å². The van der Waals surface area contributed by atoms with E-state index in [1.165, 1.54) is 13.8 Å². The highest BCUT2D eigenvalue weighted by Crippen LogP contribution is 2.39. The molecule has 0 bridgehead atoms. The average molecular weight is 302 g/mol. The zero-order valence-corrected chi connectivity index (χ0v) is 12.2. The molecular weight excluding hydrogens is 288 g/mol. The third-order valence-electron chi connectivity index (χ3n) is 2.65. The predicted molar refractivity (Wildman–Crippen MR) is 69.1 cm³/mol. The average Bonchev–Trinajstić information content (AvgIpc) is 2.74. The number of aryl methyl sites for hydroxylation is 4. The van der Waals surface area contributed by atoms with Crippen molar-refractivity contribution in [3.8, 4) is 23.0 Å². The van der Waals surface area contributed by atoms with Gasteiger partial charge in [0.25, 0.3) is 0 Å². The molecule has 0 spiro atoms. The van der Waals surface area contributed by atoms with Crippen molar-refractivity contribution in [2.45, 2.75) is 27.7 Å². The summed E-state index contributed by atoms with van der Waals surface area (Å²) in [6.45, 7) is 6.16. The zero-order valence-electron chi connectivity index (χ0n) is 11.3. The van der Waals surface area contributed by atoms with Gasteiger partial charge < -0.3 is 27.4 Å². The van der Waals surface area contributed by atoms with Crippen LogP contribution >= 0.6 is 0 Å². The van der Waals surface area contributed by atoms with Gasteiger partial charge in [-0.25, -0.2) is 0 Å². The molecule has 0 aromatic carbocycles. The minimum Gasteiger partial charge on any atom is -0.502 e. The molecule has 8 heteroatoms. The van der Waals surface area contributed by atoms with Crippen LogP contribution in [0.1, 0.15) is 23.0 Å². The number of aromatic hydroxyl groups is 2. The summed E-state index contributed by atoms with van der Waals surface area (Å²) < 4.78 is 31.9. The van der Waals surface area contributed by atoms with Crippen molar-refractivity contribution < 1.29 is 31.6 Å². The lowest BCUT2D eigenvalue weighted by molar-refractivity contribution is 0.405. The van der Waals surface area contributed by atoms with Crippen LogP contribution in [-0.4, -0.2) is 14.4 Å². The lowest BCUT2D eigenvalue weighted by Gasteiger charge is -2.04. The molecule has 110 valence electrons. The van der Waals surface area contributed by atoms with Crippen LogP contribution in [0.25, 0.3) is 0 Å². The largest absolute Gasteiger partial charge is 0.502 e. The fourth-order valence-electron chi connectivity index (χ4n) is 1.65. The molecule has 0 aliphatic carbocycles. The molecule has 0 amide bonds. The second-order valence-corrected chi connectivity index (χ2v) is 4.90. The first-order chi connectivity index (χ1) is 9.31. The molecule has 0 aliphatic rings. The van der Waals surface area contributed by atoms with E-state index in [9.17, 15) is 14.4 Å². The molecule has 0 unspecified atom stereocenters. The summed E-state index contributed by atoms with van der Waals surface area (Å²) in [5, 5.41) is 19.3. The Balaban J connectivity index is 2.17. The monoisotopic (exact) mass is 302 g/mol. The van der Waals surface area contributed by atoms with E-state index in [0.29, 0.717) is 0 Å². The molecular formula is C12H14O7S. The first-order valence-electron chi connectivity index (χ1n) is 5.67. The van der Waals surface area contributed by atoms with E-state index in [4.69, 9.17) is 17.2 Å². The van der Waals surface area contributed by atoms with Crippen molar-refractivity contribution in [2.75, 3.05) is 0 Å². The predicted octanol–water partition coefficient (Wildman–Crippen LogP) is 2.55. The Kier molecular flexibility index (Phi) is 3.67. The third kappa shape index (κ3) is 2.46. The third-order valence-corrected chi connectivity index (χ3v) is 3.26. The molecule has 20 heavy (non-hydrogen) atoms. The van der Waals surface area contributed by atoms with E-state index in [-0.39, 0.29) is 46.0 Å². The van der Waals surface area contributed by atoms with Crippen LogP contribution in [0.3, 0.4) is 0 Å². The number of hydrogen-bond donors (Lipinski definition) is 2. The van der Waals surface area contributed by atoms with Gasteiger partial charge >= 0.3 is 11.4 Å². The molecule has 0 fully saturated rings. The summed E-state index contributed by atoms with van der Waals surface area (Å²) in [5.41, 5.74) is 0. The second kappa shape index (κ2) is 5.12. The van der Waals surface area contributed by atoms with Crippen molar-refractivity contribution >= 4 is 11.4 Å². The van der Waals surface area contributed by atoms with Gasteiger partial charge in [-0.2, -0.15) is 4.21 Å². The van der Waals surface area contributed by atoms with E-state index in [1.807, 2.05) is 0 Å². The lowest BCUT2D eigenvalue weighted by Crippen LogP contribution is -2.08. The van der Waals surface area contributed by atoms with E-state index in [0.717, 1.165) is 0 Å². The van der Waals surface area contributed by atoms with E-state index >= 15 is 0 Å². The molecule has 2 rings (SSSR count). The minimum atomic E-state index is -2.28. The van der Waals surface area contributed by atoms with Crippen LogP contribution in [0.2, 0.25) is 0 Å². The Bertz CT molecular complexity index is 612. The van der Waals surface area contributed by atoms with Crippen LogP contribution in [0.15, 0.2) is 8.83 Å². The molecule has 0 saturated heterocycles. The summed E-state index contributed by atoms with van der Waals surface area (Å²) in [6.07, 6.45) is 0. The molecule has 2 N–H and O–H groups in total. The van der Waals surface area contributed by atoms with Crippen molar-refractivity contribution in [3.63, 3.8) is 0 Å². The highest BCUT2D eigenvalue weighted by molar-refractivity contribution is 7.76. The molecule has 2 heterocycles. The first kappa shape index (κ1) is 14.3. The number of rotatable bonds is 4.